The van der Waals surface area contributed by atoms with E-state index in [4.69, 9.17) is 4.42 Å². The summed E-state index contributed by atoms with van der Waals surface area (Å²) >= 11 is 0. The summed E-state index contributed by atoms with van der Waals surface area (Å²) in [5, 5.41) is 1.67. The van der Waals surface area contributed by atoms with Crippen LogP contribution in [0.5, 0.6) is 0 Å². The summed E-state index contributed by atoms with van der Waals surface area (Å²) in [7, 11) is 0. The van der Waals surface area contributed by atoms with Crippen LogP contribution < -0.4 is 11.4 Å². The second-order valence-electron chi connectivity index (χ2n) is 9.20. The molecule has 2 aromatic heterocycles. The molecule has 6 heteroatoms. The molecule has 7 rings (SSSR count). The van der Waals surface area contributed by atoms with Gasteiger partial charge in [0.2, 0.25) is 0 Å². The predicted molar refractivity (Wildman–Crippen MR) is 154 cm³/mol. The Morgan fingerprint density at radius 1 is 0.564 bits per heavy atom. The van der Waals surface area contributed by atoms with Crippen LogP contribution in [0.3, 0.4) is 0 Å². The SMILES string of the molecule is O=c1nc(-c2cccc3oc4ccc(-c5ccccc5)cc4c23)n(-c2ccccc2)c(=O)n1-c1ccccc1. The number of hydrogen-bond donors (Lipinski definition) is 0. The van der Waals surface area contributed by atoms with Crippen molar-refractivity contribution in [3.05, 3.63) is 148 Å². The van der Waals surface area contributed by atoms with Crippen LogP contribution in [0.15, 0.2) is 141 Å². The molecule has 186 valence electrons. The molecule has 5 aromatic carbocycles. The second-order valence-corrected chi connectivity index (χ2v) is 9.20. The fourth-order valence-corrected chi connectivity index (χ4v) is 5.07. The zero-order valence-electron chi connectivity index (χ0n) is 20.7. The summed E-state index contributed by atoms with van der Waals surface area (Å²) in [5.74, 6) is 0.252. The molecule has 0 atom stereocenters. The van der Waals surface area contributed by atoms with E-state index in [2.05, 4.69) is 23.2 Å². The number of rotatable bonds is 4. The quantitative estimate of drug-likeness (QED) is 0.269. The molecule has 2 heterocycles. The molecular formula is C33H21N3O3. The van der Waals surface area contributed by atoms with Gasteiger partial charge in [-0.1, -0.05) is 84.9 Å². The topological polar surface area (TPSA) is 70.0 Å². The number of aromatic nitrogens is 3. The molecule has 0 amide bonds. The number of para-hydroxylation sites is 2. The average Bonchev–Trinajstić information content (AvgIpc) is 3.36. The van der Waals surface area contributed by atoms with E-state index in [1.165, 1.54) is 4.57 Å². The first-order valence-electron chi connectivity index (χ1n) is 12.6. The van der Waals surface area contributed by atoms with Gasteiger partial charge in [0.15, 0.2) is 5.82 Å². The molecule has 0 saturated heterocycles. The third-order valence-corrected chi connectivity index (χ3v) is 6.86. The van der Waals surface area contributed by atoms with E-state index in [9.17, 15) is 9.59 Å². The summed E-state index contributed by atoms with van der Waals surface area (Å²) in [6, 6.07) is 39.8. The van der Waals surface area contributed by atoms with Crippen molar-refractivity contribution in [1.82, 2.24) is 14.1 Å². The monoisotopic (exact) mass is 507 g/mol. The molecule has 0 bridgehead atoms. The predicted octanol–water partition coefficient (Wildman–Crippen LogP) is 6.62. The zero-order chi connectivity index (χ0) is 26.3. The molecule has 0 saturated carbocycles. The fourth-order valence-electron chi connectivity index (χ4n) is 5.07. The Morgan fingerprint density at radius 2 is 1.21 bits per heavy atom. The van der Waals surface area contributed by atoms with Gasteiger partial charge in [0.25, 0.3) is 0 Å². The normalized spacial score (nSPS) is 11.3. The Kier molecular flexibility index (Phi) is 5.30. The van der Waals surface area contributed by atoms with Crippen LogP contribution in [0, 0.1) is 0 Å². The van der Waals surface area contributed by atoms with Gasteiger partial charge in [-0.3, -0.25) is 0 Å². The molecule has 0 aliphatic heterocycles. The van der Waals surface area contributed by atoms with E-state index in [1.54, 1.807) is 24.3 Å². The Morgan fingerprint density at radius 3 is 1.90 bits per heavy atom. The van der Waals surface area contributed by atoms with Crippen molar-refractivity contribution in [2.75, 3.05) is 0 Å². The van der Waals surface area contributed by atoms with Gasteiger partial charge in [-0.2, -0.15) is 4.98 Å². The van der Waals surface area contributed by atoms with Crippen LogP contribution in [0.2, 0.25) is 0 Å². The van der Waals surface area contributed by atoms with Gasteiger partial charge in [0.1, 0.15) is 11.2 Å². The fraction of sp³-hybridized carbons (Fsp3) is 0. The van der Waals surface area contributed by atoms with E-state index in [-0.39, 0.29) is 5.82 Å². The van der Waals surface area contributed by atoms with Gasteiger partial charge in [0, 0.05) is 16.3 Å². The highest BCUT2D eigenvalue weighted by Crippen LogP contribution is 2.38. The molecule has 0 radical (unpaired) electrons. The third-order valence-electron chi connectivity index (χ3n) is 6.86. The first-order valence-corrected chi connectivity index (χ1v) is 12.6. The Bertz CT molecular complexity index is 2090. The summed E-state index contributed by atoms with van der Waals surface area (Å²) in [6.45, 7) is 0. The van der Waals surface area contributed by atoms with Crippen LogP contribution in [0.4, 0.5) is 0 Å². The lowest BCUT2D eigenvalue weighted by Crippen LogP contribution is -2.40. The van der Waals surface area contributed by atoms with Gasteiger partial charge in [0.05, 0.1) is 11.4 Å². The van der Waals surface area contributed by atoms with E-state index in [1.807, 2.05) is 84.9 Å². The molecule has 39 heavy (non-hydrogen) atoms. The van der Waals surface area contributed by atoms with Gasteiger partial charge in [-0.25, -0.2) is 18.7 Å². The lowest BCUT2D eigenvalue weighted by molar-refractivity contribution is 0.669. The number of furan rings is 1. The molecule has 0 N–H and O–H groups in total. The first kappa shape index (κ1) is 22.7. The van der Waals surface area contributed by atoms with Gasteiger partial charge < -0.3 is 4.42 Å². The van der Waals surface area contributed by atoms with Crippen molar-refractivity contribution in [2.24, 2.45) is 0 Å². The number of nitrogens with zero attached hydrogens (tertiary/aromatic N) is 3. The van der Waals surface area contributed by atoms with E-state index in [0.717, 1.165) is 26.5 Å². The van der Waals surface area contributed by atoms with Crippen LogP contribution in [-0.4, -0.2) is 14.1 Å². The van der Waals surface area contributed by atoms with Gasteiger partial charge in [-0.15, -0.1) is 0 Å². The lowest BCUT2D eigenvalue weighted by Gasteiger charge is -2.15. The molecule has 0 fully saturated rings. The summed E-state index contributed by atoms with van der Waals surface area (Å²) in [6.07, 6.45) is 0. The van der Waals surface area contributed by atoms with Crippen LogP contribution in [0.25, 0.3) is 55.8 Å². The highest BCUT2D eigenvalue weighted by molar-refractivity contribution is 6.12. The molecular weight excluding hydrogens is 486 g/mol. The van der Waals surface area contributed by atoms with Gasteiger partial charge >= 0.3 is 11.4 Å². The maximum Gasteiger partial charge on any atom is 0.358 e. The maximum atomic E-state index is 14.0. The summed E-state index contributed by atoms with van der Waals surface area (Å²) < 4.78 is 8.79. The van der Waals surface area contributed by atoms with Crippen LogP contribution in [0.1, 0.15) is 0 Å². The third kappa shape index (κ3) is 3.78. The summed E-state index contributed by atoms with van der Waals surface area (Å²) in [5.41, 5.74) is 4.01. The molecule has 7 aromatic rings. The Labute approximate surface area is 222 Å². The van der Waals surface area contributed by atoms with Crippen LogP contribution in [-0.2, 0) is 0 Å². The second kappa shape index (κ2) is 9.11. The highest BCUT2D eigenvalue weighted by Gasteiger charge is 2.21. The molecule has 0 spiro atoms. The largest absolute Gasteiger partial charge is 0.456 e. The minimum Gasteiger partial charge on any atom is -0.456 e. The zero-order valence-corrected chi connectivity index (χ0v) is 20.7. The Hall–Kier alpha value is -5.49. The minimum atomic E-state index is -0.650. The van der Waals surface area contributed by atoms with Gasteiger partial charge in [-0.05, 0) is 53.6 Å². The standard InChI is InChI=1S/C33H21N3O3/c37-32-34-31(35(24-13-6-2-7-14-24)33(38)36(32)25-15-8-3-9-16-25)26-17-10-18-29-30(26)27-21-23(19-20-28(27)39-29)22-11-4-1-5-12-22/h1-21H. The Balaban J connectivity index is 1.57. The van der Waals surface area contributed by atoms with Crippen molar-refractivity contribution < 1.29 is 4.42 Å². The van der Waals surface area contributed by atoms with E-state index in [0.29, 0.717) is 28.1 Å². The molecule has 0 aliphatic rings. The van der Waals surface area contributed by atoms with Crippen molar-refractivity contribution in [2.45, 2.75) is 0 Å². The minimum absolute atomic E-state index is 0.252. The molecule has 0 aliphatic carbocycles. The lowest BCUT2D eigenvalue weighted by atomic mass is 10.0. The van der Waals surface area contributed by atoms with E-state index >= 15 is 0 Å². The smallest absolute Gasteiger partial charge is 0.358 e. The van der Waals surface area contributed by atoms with Crippen LogP contribution >= 0.6 is 0 Å². The maximum absolute atomic E-state index is 14.0. The number of benzene rings is 5. The number of fused-ring (bicyclic) bond motifs is 3. The summed E-state index contributed by atoms with van der Waals surface area (Å²) in [4.78, 5) is 31.9. The average molecular weight is 508 g/mol. The van der Waals surface area contributed by atoms with Crippen molar-refractivity contribution >= 4 is 21.9 Å². The first-order chi connectivity index (χ1) is 19.2. The van der Waals surface area contributed by atoms with Crippen molar-refractivity contribution in [3.63, 3.8) is 0 Å². The molecule has 0 unspecified atom stereocenters. The van der Waals surface area contributed by atoms with E-state index < -0.39 is 11.4 Å². The highest BCUT2D eigenvalue weighted by atomic mass is 16.3. The van der Waals surface area contributed by atoms with Crippen molar-refractivity contribution in [1.29, 1.82) is 0 Å². The van der Waals surface area contributed by atoms with Crippen molar-refractivity contribution in [3.8, 4) is 33.9 Å². The molecule has 6 nitrogen and oxygen atoms in total. The number of hydrogen-bond acceptors (Lipinski definition) is 4.